The van der Waals surface area contributed by atoms with E-state index in [0.717, 1.165) is 29.3 Å². The van der Waals surface area contributed by atoms with Crippen LogP contribution < -0.4 is 0 Å². The Morgan fingerprint density at radius 3 is 2.89 bits per heavy atom. The molecule has 98 valence electrons. The summed E-state index contributed by atoms with van der Waals surface area (Å²) in [6, 6.07) is 8.21. The fourth-order valence-corrected chi connectivity index (χ4v) is 3.63. The van der Waals surface area contributed by atoms with Crippen LogP contribution in [0.3, 0.4) is 0 Å². The molecule has 3 rings (SSSR count). The number of hydrogen-bond acceptors (Lipinski definition) is 5. The second-order valence-electron chi connectivity index (χ2n) is 4.29. The lowest BCUT2D eigenvalue weighted by atomic mass is 10.1. The maximum Gasteiger partial charge on any atom is 0.226 e. The van der Waals surface area contributed by atoms with Gasteiger partial charge in [0.1, 0.15) is 10.6 Å². The maximum absolute atomic E-state index is 5.53. The van der Waals surface area contributed by atoms with Gasteiger partial charge < -0.3 is 4.42 Å². The fourth-order valence-electron chi connectivity index (χ4n) is 1.74. The van der Waals surface area contributed by atoms with Crippen LogP contribution in [0, 0.1) is 6.92 Å². The highest BCUT2D eigenvalue weighted by Gasteiger charge is 2.11. The standard InChI is InChI=1S/C14H14N2OS2/c1-10-2-4-11(5-3-10)13-16-12(8-17-13)9-19-14-15-6-7-18-14/h2-5,8H,6-7,9H2,1H3. The van der Waals surface area contributed by atoms with E-state index in [1.807, 2.05) is 23.9 Å². The van der Waals surface area contributed by atoms with Gasteiger partial charge in [0, 0.05) is 17.1 Å². The quantitative estimate of drug-likeness (QED) is 0.857. The van der Waals surface area contributed by atoms with Crippen molar-refractivity contribution in [3.8, 4) is 11.5 Å². The van der Waals surface area contributed by atoms with Gasteiger partial charge in [0.05, 0.1) is 12.2 Å². The van der Waals surface area contributed by atoms with Gasteiger partial charge in [-0.05, 0) is 19.1 Å². The first-order chi connectivity index (χ1) is 9.31. The number of hydrogen-bond donors (Lipinski definition) is 0. The molecule has 0 spiro atoms. The van der Waals surface area contributed by atoms with Crippen LogP contribution in [-0.2, 0) is 5.75 Å². The molecule has 0 atom stereocenters. The van der Waals surface area contributed by atoms with E-state index in [-0.39, 0.29) is 0 Å². The van der Waals surface area contributed by atoms with Crippen LogP contribution in [0.25, 0.3) is 11.5 Å². The van der Waals surface area contributed by atoms with Crippen molar-refractivity contribution in [2.24, 2.45) is 4.99 Å². The molecule has 2 aromatic rings. The molecule has 0 aliphatic carbocycles. The largest absolute Gasteiger partial charge is 0.444 e. The summed E-state index contributed by atoms with van der Waals surface area (Å²) in [6.45, 7) is 3.02. The first kappa shape index (κ1) is 12.8. The molecule has 1 aromatic heterocycles. The summed E-state index contributed by atoms with van der Waals surface area (Å²) in [5, 5.41) is 0. The minimum Gasteiger partial charge on any atom is -0.444 e. The van der Waals surface area contributed by atoms with Gasteiger partial charge in [0.25, 0.3) is 0 Å². The molecule has 0 fully saturated rings. The summed E-state index contributed by atoms with van der Waals surface area (Å²) in [7, 11) is 0. The van der Waals surface area contributed by atoms with Gasteiger partial charge in [0.15, 0.2) is 0 Å². The molecule has 1 aromatic carbocycles. The molecule has 5 heteroatoms. The third-order valence-corrected chi connectivity index (χ3v) is 5.04. The molecule has 0 amide bonds. The van der Waals surface area contributed by atoms with Crippen LogP contribution in [0.1, 0.15) is 11.3 Å². The monoisotopic (exact) mass is 290 g/mol. The van der Waals surface area contributed by atoms with Gasteiger partial charge >= 0.3 is 0 Å². The molecule has 0 saturated carbocycles. The van der Waals surface area contributed by atoms with Gasteiger partial charge in [-0.2, -0.15) is 0 Å². The molecule has 0 N–H and O–H groups in total. The lowest BCUT2D eigenvalue weighted by Crippen LogP contribution is -1.85. The highest BCUT2D eigenvalue weighted by molar-refractivity contribution is 8.38. The van der Waals surface area contributed by atoms with Crippen molar-refractivity contribution in [1.82, 2.24) is 4.98 Å². The zero-order valence-electron chi connectivity index (χ0n) is 10.6. The van der Waals surface area contributed by atoms with E-state index in [1.54, 1.807) is 18.0 Å². The first-order valence-corrected chi connectivity index (χ1v) is 8.10. The molecule has 2 heterocycles. The predicted octanol–water partition coefficient (Wildman–Crippen LogP) is 3.99. The van der Waals surface area contributed by atoms with Crippen molar-refractivity contribution in [2.75, 3.05) is 12.3 Å². The van der Waals surface area contributed by atoms with Crippen molar-refractivity contribution in [3.05, 3.63) is 41.8 Å². The lowest BCUT2D eigenvalue weighted by molar-refractivity contribution is 0.573. The number of benzene rings is 1. The number of rotatable bonds is 3. The molecule has 1 aliphatic rings. The average molecular weight is 290 g/mol. The smallest absolute Gasteiger partial charge is 0.226 e. The van der Waals surface area contributed by atoms with Crippen molar-refractivity contribution >= 4 is 27.9 Å². The summed E-state index contributed by atoms with van der Waals surface area (Å²) in [6.07, 6.45) is 1.74. The van der Waals surface area contributed by atoms with Crippen molar-refractivity contribution in [1.29, 1.82) is 0 Å². The van der Waals surface area contributed by atoms with E-state index in [9.17, 15) is 0 Å². The van der Waals surface area contributed by atoms with Gasteiger partial charge in [-0.3, -0.25) is 4.99 Å². The van der Waals surface area contributed by atoms with Gasteiger partial charge in [-0.15, -0.1) is 0 Å². The third-order valence-electron chi connectivity index (χ3n) is 2.75. The molecule has 0 unspecified atom stereocenters. The van der Waals surface area contributed by atoms with E-state index in [4.69, 9.17) is 4.42 Å². The Kier molecular flexibility index (Phi) is 3.94. The fraction of sp³-hybridized carbons (Fsp3) is 0.286. The maximum atomic E-state index is 5.53. The first-order valence-electron chi connectivity index (χ1n) is 6.13. The normalized spacial score (nSPS) is 14.7. The van der Waals surface area contributed by atoms with Crippen LogP contribution in [-0.4, -0.2) is 21.7 Å². The van der Waals surface area contributed by atoms with Crippen LogP contribution in [0.4, 0.5) is 0 Å². The van der Waals surface area contributed by atoms with E-state index in [1.165, 1.54) is 9.94 Å². The minimum atomic E-state index is 0.691. The Balaban J connectivity index is 1.67. The van der Waals surface area contributed by atoms with Crippen molar-refractivity contribution < 1.29 is 4.42 Å². The summed E-state index contributed by atoms with van der Waals surface area (Å²) in [5.74, 6) is 2.62. The summed E-state index contributed by atoms with van der Waals surface area (Å²) in [4.78, 5) is 8.93. The minimum absolute atomic E-state index is 0.691. The molecule has 1 aliphatic heterocycles. The number of aliphatic imine (C=N–C) groups is 1. The average Bonchev–Trinajstić information content (AvgIpc) is 3.09. The number of nitrogens with zero attached hydrogens (tertiary/aromatic N) is 2. The second kappa shape index (κ2) is 5.84. The zero-order chi connectivity index (χ0) is 13.1. The lowest BCUT2D eigenvalue weighted by Gasteiger charge is -1.96. The number of oxazole rings is 1. The highest BCUT2D eigenvalue weighted by atomic mass is 32.2. The van der Waals surface area contributed by atoms with E-state index in [0.29, 0.717) is 5.89 Å². The summed E-state index contributed by atoms with van der Waals surface area (Å²) in [5.41, 5.74) is 3.23. The Morgan fingerprint density at radius 1 is 1.32 bits per heavy atom. The molecular formula is C14H14N2OS2. The Hall–Kier alpha value is -1.20. The molecule has 0 radical (unpaired) electrons. The molecule has 3 nitrogen and oxygen atoms in total. The second-order valence-corrected chi connectivity index (χ2v) is 6.60. The third kappa shape index (κ3) is 3.22. The Labute approximate surface area is 120 Å². The Bertz CT molecular complexity index is 590. The van der Waals surface area contributed by atoms with E-state index >= 15 is 0 Å². The van der Waals surface area contributed by atoms with E-state index < -0.39 is 0 Å². The number of aromatic nitrogens is 1. The van der Waals surface area contributed by atoms with Gasteiger partial charge in [-0.25, -0.2) is 4.98 Å². The summed E-state index contributed by atoms with van der Waals surface area (Å²) < 4.78 is 6.70. The van der Waals surface area contributed by atoms with Crippen molar-refractivity contribution in [2.45, 2.75) is 12.7 Å². The molecule has 0 bridgehead atoms. The molecule has 19 heavy (non-hydrogen) atoms. The van der Waals surface area contributed by atoms with Crippen LogP contribution >= 0.6 is 23.5 Å². The van der Waals surface area contributed by atoms with Crippen LogP contribution in [0.5, 0.6) is 0 Å². The predicted molar refractivity (Wildman–Crippen MR) is 82.7 cm³/mol. The number of thioether (sulfide) groups is 2. The number of aryl methyl sites for hydroxylation is 1. The zero-order valence-corrected chi connectivity index (χ0v) is 12.3. The van der Waals surface area contributed by atoms with Crippen LogP contribution in [0.2, 0.25) is 0 Å². The van der Waals surface area contributed by atoms with Gasteiger partial charge in [0.2, 0.25) is 5.89 Å². The Morgan fingerprint density at radius 2 is 2.16 bits per heavy atom. The van der Waals surface area contributed by atoms with Gasteiger partial charge in [-0.1, -0.05) is 41.2 Å². The van der Waals surface area contributed by atoms with Crippen LogP contribution in [0.15, 0.2) is 39.9 Å². The molecule has 0 saturated heterocycles. The SMILES string of the molecule is Cc1ccc(-c2nc(CSC3=NCCS3)co2)cc1. The highest BCUT2D eigenvalue weighted by Crippen LogP contribution is 2.26. The molecular weight excluding hydrogens is 276 g/mol. The van der Waals surface area contributed by atoms with E-state index in [2.05, 4.69) is 29.0 Å². The van der Waals surface area contributed by atoms with Crippen molar-refractivity contribution in [3.63, 3.8) is 0 Å². The topological polar surface area (TPSA) is 38.4 Å². The summed E-state index contributed by atoms with van der Waals surface area (Å²) >= 11 is 3.56.